The zero-order chi connectivity index (χ0) is 14.2. The van der Waals surface area contributed by atoms with Crippen molar-refractivity contribution in [1.29, 1.82) is 0 Å². The molecule has 0 saturated heterocycles. The van der Waals surface area contributed by atoms with E-state index < -0.39 is 0 Å². The van der Waals surface area contributed by atoms with E-state index in [1.54, 1.807) is 6.08 Å². The summed E-state index contributed by atoms with van der Waals surface area (Å²) in [4.78, 5) is 0. The highest BCUT2D eigenvalue weighted by Crippen LogP contribution is 2.13. The lowest BCUT2D eigenvalue weighted by molar-refractivity contribution is 0.538. The van der Waals surface area contributed by atoms with Gasteiger partial charge in [0.25, 0.3) is 0 Å². The quantitative estimate of drug-likeness (QED) is 0.195. The van der Waals surface area contributed by atoms with Crippen LogP contribution in [0.3, 0.4) is 0 Å². The molecule has 0 N–H and O–H groups in total. The minimum Gasteiger partial charge on any atom is -0.212 e. The average Bonchev–Trinajstić information content (AvgIpc) is 2.41. The zero-order valence-corrected chi connectivity index (χ0v) is 13.2. The lowest BCUT2D eigenvalue weighted by Crippen LogP contribution is -1.82. The minimum absolute atomic E-state index is 0.0230. The number of rotatable bonds is 13. The standard InChI is InChI=1S/C17H30ClF/c1-2-3-4-8-11-14-17(19)15-12-9-6-5-7-10-13-16-18/h8,11,14H,2-7,9-10,12-13,15-16H2,1H3/b11-8+,17-14+. The van der Waals surface area contributed by atoms with Gasteiger partial charge in [-0.25, -0.2) is 4.39 Å². The summed E-state index contributed by atoms with van der Waals surface area (Å²) < 4.78 is 13.4. The van der Waals surface area contributed by atoms with Crippen LogP contribution in [0.15, 0.2) is 24.1 Å². The van der Waals surface area contributed by atoms with Gasteiger partial charge in [-0.15, -0.1) is 11.6 Å². The molecule has 0 aromatic rings. The van der Waals surface area contributed by atoms with Crippen molar-refractivity contribution in [2.75, 3.05) is 5.88 Å². The smallest absolute Gasteiger partial charge is 0.0999 e. The van der Waals surface area contributed by atoms with Gasteiger partial charge in [0.1, 0.15) is 0 Å². The maximum Gasteiger partial charge on any atom is 0.0999 e. The first-order chi connectivity index (χ1) is 9.31. The Morgan fingerprint density at radius 1 is 0.947 bits per heavy atom. The molecule has 0 aliphatic rings. The fraction of sp³-hybridized carbons (Fsp3) is 0.765. The molecule has 0 nitrogen and oxygen atoms in total. The van der Waals surface area contributed by atoms with E-state index in [1.807, 2.05) is 6.08 Å². The van der Waals surface area contributed by atoms with E-state index in [-0.39, 0.29) is 5.83 Å². The zero-order valence-electron chi connectivity index (χ0n) is 12.5. The summed E-state index contributed by atoms with van der Waals surface area (Å²) in [6.45, 7) is 2.17. The van der Waals surface area contributed by atoms with Crippen LogP contribution in [-0.4, -0.2) is 5.88 Å². The van der Waals surface area contributed by atoms with Crippen molar-refractivity contribution < 1.29 is 4.39 Å². The van der Waals surface area contributed by atoms with E-state index in [4.69, 9.17) is 11.6 Å². The third kappa shape index (κ3) is 15.6. The first-order valence-corrected chi connectivity index (χ1v) is 8.42. The van der Waals surface area contributed by atoms with E-state index in [1.165, 1.54) is 38.5 Å². The van der Waals surface area contributed by atoms with E-state index in [2.05, 4.69) is 13.0 Å². The molecular formula is C17H30ClF. The number of unbranched alkanes of at least 4 members (excludes halogenated alkanes) is 8. The molecule has 0 aromatic carbocycles. The lowest BCUT2D eigenvalue weighted by Gasteiger charge is -2.00. The molecule has 0 aliphatic carbocycles. The Morgan fingerprint density at radius 2 is 1.58 bits per heavy atom. The van der Waals surface area contributed by atoms with Gasteiger partial charge in [0.15, 0.2) is 0 Å². The maximum atomic E-state index is 13.4. The highest BCUT2D eigenvalue weighted by molar-refractivity contribution is 6.17. The average molecular weight is 289 g/mol. The normalized spacial score (nSPS) is 12.5. The molecule has 19 heavy (non-hydrogen) atoms. The number of halogens is 2. The first-order valence-electron chi connectivity index (χ1n) is 7.88. The Hall–Kier alpha value is -0.300. The molecule has 0 amide bonds. The predicted octanol–water partition coefficient (Wildman–Crippen LogP) is 6.95. The molecule has 112 valence electrons. The first kappa shape index (κ1) is 18.7. The highest BCUT2D eigenvalue weighted by Gasteiger charge is 1.95. The van der Waals surface area contributed by atoms with Crippen LogP contribution in [0.5, 0.6) is 0 Å². The van der Waals surface area contributed by atoms with Crippen molar-refractivity contribution in [3.8, 4) is 0 Å². The third-order valence-corrected chi connectivity index (χ3v) is 3.45. The molecule has 2 heteroatoms. The monoisotopic (exact) mass is 288 g/mol. The third-order valence-electron chi connectivity index (χ3n) is 3.19. The fourth-order valence-corrected chi connectivity index (χ4v) is 2.14. The van der Waals surface area contributed by atoms with Crippen molar-refractivity contribution >= 4 is 11.6 Å². The van der Waals surface area contributed by atoms with E-state index in [9.17, 15) is 4.39 Å². The lowest BCUT2D eigenvalue weighted by atomic mass is 10.1. The van der Waals surface area contributed by atoms with Crippen LogP contribution in [0, 0.1) is 0 Å². The second kappa shape index (κ2) is 15.8. The number of hydrogen-bond acceptors (Lipinski definition) is 0. The van der Waals surface area contributed by atoms with E-state index >= 15 is 0 Å². The summed E-state index contributed by atoms with van der Waals surface area (Å²) in [6, 6.07) is 0. The molecule has 0 spiro atoms. The van der Waals surface area contributed by atoms with Gasteiger partial charge in [0, 0.05) is 5.88 Å². The van der Waals surface area contributed by atoms with Crippen LogP contribution in [0.1, 0.15) is 77.6 Å². The second-order valence-electron chi connectivity index (χ2n) is 5.10. The molecule has 0 rings (SSSR count). The van der Waals surface area contributed by atoms with Crippen LogP contribution < -0.4 is 0 Å². The molecule has 0 heterocycles. The van der Waals surface area contributed by atoms with Crippen molar-refractivity contribution in [2.45, 2.75) is 77.6 Å². The molecule has 0 radical (unpaired) electrons. The van der Waals surface area contributed by atoms with Crippen LogP contribution >= 0.6 is 11.6 Å². The van der Waals surface area contributed by atoms with Crippen molar-refractivity contribution in [3.05, 3.63) is 24.1 Å². The molecule has 0 bridgehead atoms. The summed E-state index contributed by atoms with van der Waals surface area (Å²) in [7, 11) is 0. The van der Waals surface area contributed by atoms with Crippen LogP contribution in [0.25, 0.3) is 0 Å². The summed E-state index contributed by atoms with van der Waals surface area (Å²) in [5, 5.41) is 0. The number of allylic oxidation sites excluding steroid dienone is 4. The Kier molecular flexibility index (Phi) is 15.5. The summed E-state index contributed by atoms with van der Waals surface area (Å²) in [5.41, 5.74) is 0. The van der Waals surface area contributed by atoms with Gasteiger partial charge in [0.2, 0.25) is 0 Å². The SMILES string of the molecule is CCCC/C=C/C=C(/F)CCCCCCCCCCl. The Bertz CT molecular complexity index is 233. The van der Waals surface area contributed by atoms with Gasteiger partial charge < -0.3 is 0 Å². The van der Waals surface area contributed by atoms with Crippen LogP contribution in [-0.2, 0) is 0 Å². The summed E-state index contributed by atoms with van der Waals surface area (Å²) in [6.07, 6.45) is 17.8. The number of alkyl halides is 1. The Morgan fingerprint density at radius 3 is 2.21 bits per heavy atom. The van der Waals surface area contributed by atoms with Crippen molar-refractivity contribution in [1.82, 2.24) is 0 Å². The summed E-state index contributed by atoms with van der Waals surface area (Å²) >= 11 is 5.62. The van der Waals surface area contributed by atoms with E-state index in [0.29, 0.717) is 6.42 Å². The molecule has 0 fully saturated rings. The maximum absolute atomic E-state index is 13.4. The van der Waals surface area contributed by atoms with Crippen molar-refractivity contribution in [2.24, 2.45) is 0 Å². The largest absolute Gasteiger partial charge is 0.212 e. The van der Waals surface area contributed by atoms with E-state index in [0.717, 1.165) is 31.6 Å². The van der Waals surface area contributed by atoms with Crippen LogP contribution in [0.4, 0.5) is 4.39 Å². The van der Waals surface area contributed by atoms with Crippen molar-refractivity contribution in [3.63, 3.8) is 0 Å². The van der Waals surface area contributed by atoms with Crippen LogP contribution in [0.2, 0.25) is 0 Å². The topological polar surface area (TPSA) is 0 Å². The molecule has 0 atom stereocenters. The molecular weight excluding hydrogens is 259 g/mol. The summed E-state index contributed by atoms with van der Waals surface area (Å²) in [5.74, 6) is 0.803. The van der Waals surface area contributed by atoms with Gasteiger partial charge >= 0.3 is 0 Å². The van der Waals surface area contributed by atoms with Gasteiger partial charge in [-0.2, -0.15) is 0 Å². The van der Waals surface area contributed by atoms with Gasteiger partial charge in [-0.05, 0) is 31.8 Å². The highest BCUT2D eigenvalue weighted by atomic mass is 35.5. The Labute approximate surface area is 124 Å². The number of hydrogen-bond donors (Lipinski definition) is 0. The van der Waals surface area contributed by atoms with Gasteiger partial charge in [0.05, 0.1) is 5.83 Å². The molecule has 0 aliphatic heterocycles. The predicted molar refractivity (Wildman–Crippen MR) is 85.5 cm³/mol. The minimum atomic E-state index is 0.0230. The van der Waals surface area contributed by atoms with Gasteiger partial charge in [-0.3, -0.25) is 0 Å². The van der Waals surface area contributed by atoms with Gasteiger partial charge in [-0.1, -0.05) is 64.0 Å². The second-order valence-corrected chi connectivity index (χ2v) is 5.48. The Balaban J connectivity index is 3.34. The molecule has 0 aromatic heterocycles. The fourth-order valence-electron chi connectivity index (χ4n) is 1.95. The molecule has 0 unspecified atom stereocenters. The molecule has 0 saturated carbocycles.